The van der Waals surface area contributed by atoms with Gasteiger partial charge in [0.1, 0.15) is 0 Å². The fourth-order valence-corrected chi connectivity index (χ4v) is 3.50. The minimum absolute atomic E-state index is 0.626. The number of aryl methyl sites for hydroxylation is 2. The molecule has 0 aliphatic rings. The van der Waals surface area contributed by atoms with E-state index in [0.717, 1.165) is 54.6 Å². The third-order valence-electron chi connectivity index (χ3n) is 4.55. The first-order valence-corrected chi connectivity index (χ1v) is 12.7. The molecule has 0 saturated heterocycles. The summed E-state index contributed by atoms with van der Waals surface area (Å²) < 4.78 is 0. The van der Waals surface area contributed by atoms with Crippen molar-refractivity contribution in [1.29, 1.82) is 0 Å². The Balaban J connectivity index is 0. The van der Waals surface area contributed by atoms with E-state index in [1.54, 1.807) is 6.08 Å². The smallest absolute Gasteiger partial charge is 0.0741 e. The van der Waals surface area contributed by atoms with Crippen LogP contribution in [-0.2, 0) is 6.42 Å². The predicted octanol–water partition coefficient (Wildman–Crippen LogP) is 8.96. The average Bonchev–Trinajstić information content (AvgIpc) is 2.76. The molecule has 32 heavy (non-hydrogen) atoms. The van der Waals surface area contributed by atoms with Crippen molar-refractivity contribution in [1.82, 2.24) is 10.2 Å². The Labute approximate surface area is 213 Å². The number of allylic oxidation sites excluding steroid dienone is 4. The summed E-state index contributed by atoms with van der Waals surface area (Å²) >= 11 is 18.5. The number of nitrogens with zero attached hydrogens (tertiary/aromatic N) is 1. The Kier molecular flexibility index (Phi) is 21.5. The maximum atomic E-state index is 6.31. The molecule has 1 N–H and O–H groups in total. The Bertz CT molecular complexity index is 694. The van der Waals surface area contributed by atoms with Crippen molar-refractivity contribution < 1.29 is 0 Å². The molecule has 0 aromatic heterocycles. The van der Waals surface area contributed by atoms with Crippen LogP contribution in [0.2, 0.25) is 5.02 Å². The average molecular weight is 504 g/mol. The van der Waals surface area contributed by atoms with Crippen molar-refractivity contribution >= 4 is 34.8 Å². The van der Waals surface area contributed by atoms with Gasteiger partial charge in [0.05, 0.1) is 15.8 Å². The summed E-state index contributed by atoms with van der Waals surface area (Å²) in [7, 11) is 3.75. The molecule has 0 amide bonds. The van der Waals surface area contributed by atoms with E-state index in [1.165, 1.54) is 12.0 Å². The van der Waals surface area contributed by atoms with E-state index < -0.39 is 0 Å². The summed E-state index contributed by atoms with van der Waals surface area (Å²) in [5.74, 6) is 0.725. The number of nitrogens with one attached hydrogen (secondary N) is 1. The quantitative estimate of drug-likeness (QED) is 0.320. The molecule has 2 nitrogen and oxygen atoms in total. The van der Waals surface area contributed by atoms with Crippen LogP contribution in [-0.4, -0.2) is 32.1 Å². The highest BCUT2D eigenvalue weighted by molar-refractivity contribution is 6.36. The maximum absolute atomic E-state index is 6.31. The van der Waals surface area contributed by atoms with Gasteiger partial charge in [0, 0.05) is 18.1 Å². The number of benzene rings is 1. The van der Waals surface area contributed by atoms with E-state index >= 15 is 0 Å². The lowest BCUT2D eigenvalue weighted by atomic mass is 10.1. The molecule has 184 valence electrons. The van der Waals surface area contributed by atoms with Crippen LogP contribution in [0.5, 0.6) is 0 Å². The number of hydrogen-bond acceptors (Lipinski definition) is 2. The Morgan fingerprint density at radius 1 is 1.16 bits per heavy atom. The molecule has 0 radical (unpaired) electrons. The molecule has 0 atom stereocenters. The summed E-state index contributed by atoms with van der Waals surface area (Å²) in [4.78, 5) is 2.27. The van der Waals surface area contributed by atoms with E-state index in [4.69, 9.17) is 34.8 Å². The molecule has 0 spiro atoms. The largest absolute Gasteiger partial charge is 0.369 e. The van der Waals surface area contributed by atoms with E-state index in [9.17, 15) is 0 Å². The van der Waals surface area contributed by atoms with Gasteiger partial charge < -0.3 is 10.2 Å². The van der Waals surface area contributed by atoms with Crippen LogP contribution in [0, 0.1) is 12.8 Å². The number of halogens is 3. The summed E-state index contributed by atoms with van der Waals surface area (Å²) in [6.45, 7) is 18.4. The van der Waals surface area contributed by atoms with Gasteiger partial charge >= 0.3 is 0 Å². The molecule has 0 heterocycles. The Morgan fingerprint density at radius 2 is 1.75 bits per heavy atom. The van der Waals surface area contributed by atoms with Crippen LogP contribution in [0.4, 0.5) is 0 Å². The van der Waals surface area contributed by atoms with Crippen molar-refractivity contribution in [3.05, 3.63) is 68.8 Å². The highest BCUT2D eigenvalue weighted by Crippen LogP contribution is 2.27. The second-order valence-corrected chi connectivity index (χ2v) is 9.22. The summed E-state index contributed by atoms with van der Waals surface area (Å²) in [5, 5.41) is 4.95. The van der Waals surface area contributed by atoms with Crippen LogP contribution < -0.4 is 5.32 Å². The van der Waals surface area contributed by atoms with Crippen molar-refractivity contribution in [2.75, 3.05) is 27.2 Å². The molecule has 0 fully saturated rings. The van der Waals surface area contributed by atoms with Crippen molar-refractivity contribution in [3.63, 3.8) is 0 Å². The molecule has 0 saturated carbocycles. The minimum atomic E-state index is 0.626. The summed E-state index contributed by atoms with van der Waals surface area (Å²) in [6.07, 6.45) is 8.03. The second-order valence-electron chi connectivity index (χ2n) is 8.00. The van der Waals surface area contributed by atoms with E-state index in [1.807, 2.05) is 40.1 Å². The third-order valence-corrected chi connectivity index (χ3v) is 5.69. The number of hydrogen-bond donors (Lipinski definition) is 1. The van der Waals surface area contributed by atoms with Gasteiger partial charge in [0.15, 0.2) is 0 Å². The zero-order chi connectivity index (χ0) is 25.1. The van der Waals surface area contributed by atoms with E-state index in [0.29, 0.717) is 10.1 Å². The van der Waals surface area contributed by atoms with Gasteiger partial charge in [-0.2, -0.15) is 0 Å². The fraction of sp³-hybridized carbons (Fsp3) is 0.556. The molecule has 1 aromatic carbocycles. The highest BCUT2D eigenvalue weighted by atomic mass is 35.5. The Hall–Kier alpha value is -0.930. The van der Waals surface area contributed by atoms with Gasteiger partial charge in [-0.1, -0.05) is 87.3 Å². The fourth-order valence-electron chi connectivity index (χ4n) is 2.80. The molecule has 5 heteroatoms. The van der Waals surface area contributed by atoms with Gasteiger partial charge in [-0.3, -0.25) is 0 Å². The van der Waals surface area contributed by atoms with Crippen molar-refractivity contribution in [2.45, 2.75) is 67.2 Å². The molecular formula is C27H45Cl3N2. The van der Waals surface area contributed by atoms with Gasteiger partial charge in [-0.05, 0) is 82.8 Å². The number of rotatable bonds is 10. The summed E-state index contributed by atoms with van der Waals surface area (Å²) in [6, 6.07) is 6.19. The van der Waals surface area contributed by atoms with Gasteiger partial charge in [-0.15, -0.1) is 0 Å². The van der Waals surface area contributed by atoms with Crippen LogP contribution in [0.3, 0.4) is 0 Å². The monoisotopic (exact) mass is 502 g/mol. The molecular weight excluding hydrogens is 459 g/mol. The molecule has 0 aliphatic carbocycles. The third kappa shape index (κ3) is 15.0. The zero-order valence-electron chi connectivity index (χ0n) is 21.5. The van der Waals surface area contributed by atoms with Crippen molar-refractivity contribution in [2.24, 2.45) is 5.92 Å². The minimum Gasteiger partial charge on any atom is -0.369 e. The standard InChI is InChI=1S/C16H27Cl2N.C9H11Cl.C2H7N/c1-6-11-19(12-9-10-13(4)5)16(14(17)7-2)15(18)8-3;1-3-8-5-4-7(2)9(10)6-8;1-3-2/h7-8,13H,2,6,9-12H2,1,3-5H3;4-6H,3H2,1-2H3;3H,1-2H3/b15-8+,16-14-;;. The molecule has 0 bridgehead atoms. The van der Waals surface area contributed by atoms with Gasteiger partial charge in [0.2, 0.25) is 0 Å². The SMILES string of the molecule is C=C/C(Cl)=C(\C(Cl)=C/C)N(CCC)CCCC(C)C.CCc1ccc(C)c(Cl)c1.CNC. The van der Waals surface area contributed by atoms with Gasteiger partial charge in [0.25, 0.3) is 0 Å². The van der Waals surface area contributed by atoms with Crippen LogP contribution in [0.15, 0.2) is 52.7 Å². The van der Waals surface area contributed by atoms with E-state index in [-0.39, 0.29) is 0 Å². The van der Waals surface area contributed by atoms with Crippen LogP contribution in [0.1, 0.15) is 65.0 Å². The van der Waals surface area contributed by atoms with Crippen molar-refractivity contribution in [3.8, 4) is 0 Å². The second kappa shape index (κ2) is 20.7. The highest BCUT2D eigenvalue weighted by Gasteiger charge is 2.15. The lowest BCUT2D eigenvalue weighted by Crippen LogP contribution is -2.26. The maximum Gasteiger partial charge on any atom is 0.0741 e. The first kappa shape index (κ1) is 33.2. The molecule has 1 rings (SSSR count). The zero-order valence-corrected chi connectivity index (χ0v) is 23.8. The molecule has 1 aromatic rings. The summed E-state index contributed by atoms with van der Waals surface area (Å²) in [5.41, 5.74) is 3.36. The Morgan fingerprint density at radius 3 is 2.16 bits per heavy atom. The van der Waals surface area contributed by atoms with E-state index in [2.05, 4.69) is 56.6 Å². The predicted molar refractivity (Wildman–Crippen MR) is 149 cm³/mol. The first-order chi connectivity index (χ1) is 15.1. The molecule has 0 unspecified atom stereocenters. The first-order valence-electron chi connectivity index (χ1n) is 11.6. The molecule has 0 aliphatic heterocycles. The lowest BCUT2D eigenvalue weighted by Gasteiger charge is -2.28. The normalized spacial score (nSPS) is 11.7. The lowest BCUT2D eigenvalue weighted by molar-refractivity contribution is 0.333. The van der Waals surface area contributed by atoms with Crippen LogP contribution in [0.25, 0.3) is 0 Å². The van der Waals surface area contributed by atoms with Crippen LogP contribution >= 0.6 is 34.8 Å². The topological polar surface area (TPSA) is 15.3 Å². The van der Waals surface area contributed by atoms with Gasteiger partial charge in [-0.25, -0.2) is 0 Å².